The number of hydrogen-bond donors (Lipinski definition) is 0. The zero-order valence-electron chi connectivity index (χ0n) is 9.81. The summed E-state index contributed by atoms with van der Waals surface area (Å²) in [4.78, 5) is 0. The SMILES string of the molecule is [SiH2]O[Si]1O[Si]2O[Si]3O[SiH2]O[Si]4O[Si](O1)O[Si](O2)O[Si](O3)O4. The molecule has 0 N–H and O–H groups in total. The van der Waals surface area contributed by atoms with Crippen molar-refractivity contribution in [2.24, 2.45) is 0 Å². The fraction of sp³-hybridized carbons (Fsp3) is 0. The minimum absolute atomic E-state index is 1.25. The van der Waals surface area contributed by atoms with Crippen molar-refractivity contribution in [2.45, 2.75) is 0 Å². The van der Waals surface area contributed by atoms with Gasteiger partial charge in [-0.25, -0.2) is 0 Å². The Bertz CT molecular complexity index is 335. The fourth-order valence-corrected chi connectivity index (χ4v) is 20.4. The molecule has 0 aromatic rings. The monoisotopic (exact) mass is 448 g/mol. The zero-order valence-corrected chi connectivity index (χ0v) is 19.6. The van der Waals surface area contributed by atoms with Crippen LogP contribution in [0.4, 0.5) is 0 Å². The molecule has 21 heavy (non-hydrogen) atoms. The summed E-state index contributed by atoms with van der Waals surface area (Å²) in [6.07, 6.45) is 0. The summed E-state index contributed by atoms with van der Waals surface area (Å²) < 4.78 is 66.6. The molecule has 112 valence electrons. The highest BCUT2D eigenvalue weighted by Crippen LogP contribution is 2.20. The van der Waals surface area contributed by atoms with Crippen LogP contribution < -0.4 is 0 Å². The molecule has 0 amide bonds. The van der Waals surface area contributed by atoms with Gasteiger partial charge in [-0.05, 0) is 0 Å². The number of rotatable bonds is 1. The van der Waals surface area contributed by atoms with Crippen LogP contribution in [0.25, 0.3) is 0 Å². The van der Waals surface area contributed by atoms with Crippen molar-refractivity contribution in [3.05, 3.63) is 0 Å². The zero-order chi connectivity index (χ0) is 14.2. The van der Waals surface area contributed by atoms with E-state index >= 15 is 0 Å². The molecular formula is H4O12Si9. The van der Waals surface area contributed by atoms with Crippen molar-refractivity contribution in [3.63, 3.8) is 0 Å². The van der Waals surface area contributed by atoms with Gasteiger partial charge in [0.25, 0.3) is 10.0 Å². The highest BCUT2D eigenvalue weighted by atomic mass is 28.6. The van der Waals surface area contributed by atoms with Gasteiger partial charge in [-0.3, -0.25) is 0 Å². The molecule has 21 heteroatoms. The van der Waals surface area contributed by atoms with E-state index in [2.05, 4.69) is 0 Å². The topological polar surface area (TPSA) is 111 Å². The Hall–Kier alpha value is 1.47. The first-order chi connectivity index (χ1) is 10.3. The molecular weight excluding hydrogens is 445 g/mol. The van der Waals surface area contributed by atoms with Crippen molar-refractivity contribution in [2.75, 3.05) is 0 Å². The van der Waals surface area contributed by atoms with Gasteiger partial charge in [-0.15, -0.1) is 0 Å². The average molecular weight is 449 g/mol. The largest absolute Gasteiger partial charge is 0.553 e. The molecule has 8 radical (unpaired) electrons. The average Bonchev–Trinajstić information content (AvgIpc) is 2.33. The second-order valence-electron chi connectivity index (χ2n) is 3.22. The molecule has 4 heterocycles. The van der Waals surface area contributed by atoms with Crippen LogP contribution in [-0.4, -0.2) is 87.2 Å². The molecule has 4 saturated heterocycles. The summed E-state index contributed by atoms with van der Waals surface area (Å²) in [5, 5.41) is 0. The Kier molecular flexibility index (Phi) is 5.44. The Labute approximate surface area is 136 Å². The van der Waals surface area contributed by atoms with E-state index in [1.807, 2.05) is 0 Å². The van der Waals surface area contributed by atoms with Crippen molar-refractivity contribution in [1.29, 1.82) is 0 Å². The maximum atomic E-state index is 5.62. The van der Waals surface area contributed by atoms with Crippen molar-refractivity contribution in [1.82, 2.24) is 0 Å². The van der Waals surface area contributed by atoms with E-state index in [0.717, 1.165) is 0 Å². The molecule has 0 aromatic carbocycles. The maximum Gasteiger partial charge on any atom is 0.553 e. The molecule has 0 atom stereocenters. The van der Waals surface area contributed by atoms with Crippen molar-refractivity contribution in [3.8, 4) is 0 Å². The van der Waals surface area contributed by atoms with E-state index < -0.39 is 76.7 Å². The van der Waals surface area contributed by atoms with Crippen LogP contribution in [0.15, 0.2) is 0 Å². The van der Waals surface area contributed by atoms with Gasteiger partial charge < -0.3 is 49.4 Å². The van der Waals surface area contributed by atoms with Crippen LogP contribution in [0.3, 0.4) is 0 Å². The maximum absolute atomic E-state index is 5.62. The Morgan fingerprint density at radius 3 is 1.38 bits per heavy atom. The molecule has 4 rings (SSSR count). The first-order valence-electron chi connectivity index (χ1n) is 5.15. The van der Waals surface area contributed by atoms with Crippen LogP contribution in [0.1, 0.15) is 0 Å². The smallest absolute Gasteiger partial charge is 0.420 e. The van der Waals surface area contributed by atoms with Gasteiger partial charge in [-0.1, -0.05) is 0 Å². The minimum atomic E-state index is -2.22. The van der Waals surface area contributed by atoms with Crippen molar-refractivity contribution < 1.29 is 49.4 Å². The molecule has 0 saturated carbocycles. The molecule has 0 aromatic heterocycles. The molecule has 0 spiro atoms. The van der Waals surface area contributed by atoms with Gasteiger partial charge in [-0.2, -0.15) is 0 Å². The molecule has 0 aliphatic carbocycles. The highest BCUT2D eigenvalue weighted by Gasteiger charge is 2.55. The van der Waals surface area contributed by atoms with Gasteiger partial charge in [0.1, 0.15) is 0 Å². The molecule has 12 nitrogen and oxygen atoms in total. The van der Waals surface area contributed by atoms with Crippen LogP contribution in [-0.2, 0) is 49.4 Å². The van der Waals surface area contributed by atoms with Crippen LogP contribution in [0.5, 0.6) is 0 Å². The lowest BCUT2D eigenvalue weighted by molar-refractivity contribution is 0.0730. The standard InChI is InChI=1S/H4O12Si9/c13-1-15-4-18-6-16-2-14-3-17-7-19(5-15)11-21(10-18)12-20(8-16)9-17/h13-14H2. The minimum Gasteiger partial charge on any atom is -0.420 e. The quantitative estimate of drug-likeness (QED) is 0.357. The van der Waals surface area contributed by atoms with Gasteiger partial charge >= 0.3 is 66.7 Å². The summed E-state index contributed by atoms with van der Waals surface area (Å²) in [6, 6.07) is 0. The van der Waals surface area contributed by atoms with Gasteiger partial charge in [0.2, 0.25) is 0 Å². The van der Waals surface area contributed by atoms with Gasteiger partial charge in [0, 0.05) is 0 Å². The Balaban J connectivity index is 1.64. The lowest BCUT2D eigenvalue weighted by Crippen LogP contribution is -2.63. The predicted octanol–water partition coefficient (Wildman–Crippen LogP) is -5.32. The van der Waals surface area contributed by atoms with Gasteiger partial charge in [0.05, 0.1) is 0 Å². The first-order valence-corrected chi connectivity index (χ1v) is 15.5. The number of hydrogen-bond acceptors (Lipinski definition) is 12. The number of fused-ring (bicyclic) bond motifs is 4. The van der Waals surface area contributed by atoms with E-state index in [1.165, 1.54) is 10.5 Å². The summed E-state index contributed by atoms with van der Waals surface area (Å²) in [5.74, 6) is 0. The summed E-state index contributed by atoms with van der Waals surface area (Å²) in [5.41, 5.74) is 0. The fourth-order valence-electron chi connectivity index (χ4n) is 1.23. The van der Waals surface area contributed by atoms with E-state index in [-0.39, 0.29) is 0 Å². The van der Waals surface area contributed by atoms with E-state index in [4.69, 9.17) is 49.4 Å². The molecule has 0 unspecified atom stereocenters. The van der Waals surface area contributed by atoms with E-state index in [9.17, 15) is 0 Å². The predicted molar refractivity (Wildman–Crippen MR) is 70.4 cm³/mol. The third-order valence-electron chi connectivity index (χ3n) is 1.97. The summed E-state index contributed by atoms with van der Waals surface area (Å²) in [6.45, 7) is 0. The summed E-state index contributed by atoms with van der Waals surface area (Å²) in [7, 11) is -15.3. The van der Waals surface area contributed by atoms with Crippen LogP contribution >= 0.6 is 0 Å². The summed E-state index contributed by atoms with van der Waals surface area (Å²) >= 11 is 0. The third kappa shape index (κ3) is 3.94. The lowest BCUT2D eigenvalue weighted by Gasteiger charge is -2.36. The van der Waals surface area contributed by atoms with Crippen molar-refractivity contribution >= 4 is 87.2 Å². The van der Waals surface area contributed by atoms with E-state index in [1.54, 1.807) is 0 Å². The van der Waals surface area contributed by atoms with Crippen LogP contribution in [0, 0.1) is 0 Å². The highest BCUT2D eigenvalue weighted by molar-refractivity contribution is 6.78. The molecule has 4 fully saturated rings. The Morgan fingerprint density at radius 1 is 0.571 bits per heavy atom. The van der Waals surface area contributed by atoms with E-state index in [0.29, 0.717) is 0 Å². The second kappa shape index (κ2) is 7.15. The van der Waals surface area contributed by atoms with Crippen LogP contribution in [0.2, 0.25) is 0 Å². The third-order valence-corrected chi connectivity index (χ3v) is 17.7. The first kappa shape index (κ1) is 16.0. The van der Waals surface area contributed by atoms with Gasteiger partial charge in [0.15, 0.2) is 10.5 Å². The molecule has 4 aliphatic heterocycles. The molecule has 6 bridgehead atoms. The second-order valence-corrected chi connectivity index (χ2v) is 17.8. The molecule has 4 aliphatic rings. The normalized spacial score (nSPS) is 32.4. The lowest BCUT2D eigenvalue weighted by atomic mass is 15.5. The Morgan fingerprint density at radius 2 is 0.952 bits per heavy atom.